The minimum atomic E-state index is -3.12. The Balaban J connectivity index is 1.81. The van der Waals surface area contributed by atoms with E-state index in [0.29, 0.717) is 19.8 Å². The highest BCUT2D eigenvalue weighted by Crippen LogP contribution is 2.34. The topological polar surface area (TPSA) is 46.6 Å². The molecule has 0 aromatic carbocycles. The maximum Gasteiger partial charge on any atom is 0.217 e. The molecule has 3 rings (SSSR count). The predicted molar refractivity (Wildman–Crippen MR) is 75.6 cm³/mol. The lowest BCUT2D eigenvalue weighted by atomic mass is 10.1. The van der Waals surface area contributed by atoms with E-state index < -0.39 is 10.0 Å². The van der Waals surface area contributed by atoms with Gasteiger partial charge in [-0.05, 0) is 37.1 Å². The van der Waals surface area contributed by atoms with Crippen molar-refractivity contribution in [2.24, 2.45) is 0 Å². The minimum absolute atomic E-state index is 0.112. The van der Waals surface area contributed by atoms with E-state index in [1.165, 1.54) is 0 Å². The molecule has 0 spiro atoms. The van der Waals surface area contributed by atoms with E-state index in [4.69, 9.17) is 4.74 Å². The molecule has 2 fully saturated rings. The molecular formula is C13H19NO3S2. The first-order valence-corrected chi connectivity index (χ1v) is 9.17. The Labute approximate surface area is 118 Å². The van der Waals surface area contributed by atoms with E-state index in [9.17, 15) is 8.42 Å². The molecule has 1 aliphatic heterocycles. The second-order valence-corrected chi connectivity index (χ2v) is 8.41. The third kappa shape index (κ3) is 3.02. The van der Waals surface area contributed by atoms with Gasteiger partial charge in [0.25, 0.3) is 0 Å². The monoisotopic (exact) mass is 301 g/mol. The van der Waals surface area contributed by atoms with Gasteiger partial charge in [0.1, 0.15) is 0 Å². The van der Waals surface area contributed by atoms with Crippen LogP contribution in [0.25, 0.3) is 0 Å². The van der Waals surface area contributed by atoms with Gasteiger partial charge in [0.05, 0.1) is 5.25 Å². The van der Waals surface area contributed by atoms with Crippen molar-refractivity contribution in [2.75, 3.05) is 13.2 Å². The Bertz CT molecular complexity index is 502. The van der Waals surface area contributed by atoms with Crippen LogP contribution in [0.5, 0.6) is 0 Å². The van der Waals surface area contributed by atoms with Crippen LogP contribution in [0.3, 0.4) is 0 Å². The van der Waals surface area contributed by atoms with Gasteiger partial charge >= 0.3 is 0 Å². The van der Waals surface area contributed by atoms with Crippen LogP contribution in [0.2, 0.25) is 0 Å². The predicted octanol–water partition coefficient (Wildman–Crippen LogP) is 2.22. The maximum absolute atomic E-state index is 12.6. The molecule has 4 nitrogen and oxygen atoms in total. The second-order valence-electron chi connectivity index (χ2n) is 5.21. The molecule has 0 N–H and O–H groups in total. The van der Waals surface area contributed by atoms with Crippen molar-refractivity contribution in [3.63, 3.8) is 0 Å². The fourth-order valence-corrected chi connectivity index (χ4v) is 5.36. The molecule has 106 valence electrons. The van der Waals surface area contributed by atoms with Crippen LogP contribution in [0.15, 0.2) is 17.5 Å². The first kappa shape index (κ1) is 13.5. The molecule has 1 aromatic rings. The quantitative estimate of drug-likeness (QED) is 0.838. The minimum Gasteiger partial charge on any atom is -0.381 e. The van der Waals surface area contributed by atoms with Crippen LogP contribution in [-0.2, 0) is 21.3 Å². The molecule has 0 unspecified atom stereocenters. The number of sulfonamides is 1. The molecule has 1 aromatic heterocycles. The Hall–Kier alpha value is -0.430. The summed E-state index contributed by atoms with van der Waals surface area (Å²) in [6.45, 7) is 1.87. The molecule has 1 saturated heterocycles. The average Bonchev–Trinajstić information content (AvgIpc) is 3.16. The van der Waals surface area contributed by atoms with Crippen LogP contribution >= 0.6 is 11.3 Å². The fraction of sp³-hybridized carbons (Fsp3) is 0.692. The first-order chi connectivity index (χ1) is 9.18. The Kier molecular flexibility index (Phi) is 3.93. The van der Waals surface area contributed by atoms with Gasteiger partial charge in [0, 0.05) is 30.7 Å². The van der Waals surface area contributed by atoms with Crippen molar-refractivity contribution in [3.05, 3.63) is 22.4 Å². The highest BCUT2D eigenvalue weighted by molar-refractivity contribution is 7.90. The number of ether oxygens (including phenoxy) is 1. The lowest BCUT2D eigenvalue weighted by Gasteiger charge is -2.33. The highest BCUT2D eigenvalue weighted by atomic mass is 32.2. The molecule has 19 heavy (non-hydrogen) atoms. The third-order valence-corrected chi connectivity index (χ3v) is 7.02. The molecule has 0 amide bonds. The number of rotatable bonds is 5. The van der Waals surface area contributed by atoms with Crippen molar-refractivity contribution < 1.29 is 13.2 Å². The normalized spacial score (nSPS) is 21.9. The average molecular weight is 301 g/mol. The summed E-state index contributed by atoms with van der Waals surface area (Å²) in [5, 5.41) is 1.87. The second kappa shape index (κ2) is 5.52. The maximum atomic E-state index is 12.6. The zero-order valence-electron chi connectivity index (χ0n) is 10.8. The van der Waals surface area contributed by atoms with E-state index in [2.05, 4.69) is 0 Å². The highest BCUT2D eigenvalue weighted by Gasteiger charge is 2.43. The van der Waals surface area contributed by atoms with E-state index >= 15 is 0 Å². The number of hydrogen-bond donors (Lipinski definition) is 0. The Morgan fingerprint density at radius 1 is 1.26 bits per heavy atom. The van der Waals surface area contributed by atoms with Crippen LogP contribution in [0.4, 0.5) is 0 Å². The summed E-state index contributed by atoms with van der Waals surface area (Å²) in [5.74, 6) is 0. The molecule has 0 radical (unpaired) electrons. The summed E-state index contributed by atoms with van der Waals surface area (Å²) < 4.78 is 32.3. The van der Waals surface area contributed by atoms with Crippen molar-refractivity contribution in [1.29, 1.82) is 0 Å². The third-order valence-electron chi connectivity index (χ3n) is 3.76. The van der Waals surface area contributed by atoms with Crippen LogP contribution in [0, 0.1) is 0 Å². The summed E-state index contributed by atoms with van der Waals surface area (Å²) >= 11 is 1.63. The van der Waals surface area contributed by atoms with Gasteiger partial charge in [-0.3, -0.25) is 0 Å². The molecule has 2 aliphatic rings. The lowest BCUT2D eigenvalue weighted by Crippen LogP contribution is -2.44. The first-order valence-electron chi connectivity index (χ1n) is 6.79. The number of nitrogens with zero attached hydrogens (tertiary/aromatic N) is 1. The van der Waals surface area contributed by atoms with Gasteiger partial charge < -0.3 is 4.74 Å². The number of hydrogen-bond acceptors (Lipinski definition) is 4. The molecule has 1 saturated carbocycles. The molecular weight excluding hydrogens is 282 g/mol. The van der Waals surface area contributed by atoms with Crippen LogP contribution < -0.4 is 0 Å². The largest absolute Gasteiger partial charge is 0.381 e. The van der Waals surface area contributed by atoms with Crippen LogP contribution in [0.1, 0.15) is 30.6 Å². The summed E-state index contributed by atoms with van der Waals surface area (Å²) in [6, 6.07) is 4.10. The molecule has 6 heteroatoms. The van der Waals surface area contributed by atoms with Crippen molar-refractivity contribution in [1.82, 2.24) is 4.31 Å². The summed E-state index contributed by atoms with van der Waals surface area (Å²) in [7, 11) is -3.12. The fourth-order valence-electron chi connectivity index (χ4n) is 2.51. The summed E-state index contributed by atoms with van der Waals surface area (Å²) in [4.78, 5) is 1.12. The molecule has 1 aliphatic carbocycles. The van der Waals surface area contributed by atoms with E-state index in [0.717, 1.165) is 30.6 Å². The van der Waals surface area contributed by atoms with Gasteiger partial charge in [-0.25, -0.2) is 8.42 Å². The SMILES string of the molecule is O=S(=O)(C1CC1)N(Cc1cccs1)C1CCOCC1. The Morgan fingerprint density at radius 3 is 2.58 bits per heavy atom. The van der Waals surface area contributed by atoms with Crippen LogP contribution in [-0.4, -0.2) is 37.2 Å². The van der Waals surface area contributed by atoms with Gasteiger partial charge in [-0.2, -0.15) is 4.31 Å². The zero-order valence-corrected chi connectivity index (χ0v) is 12.5. The molecule has 2 heterocycles. The standard InChI is InChI=1S/C13H19NO3S2/c15-19(16,13-3-4-13)14(10-12-2-1-9-18-12)11-5-7-17-8-6-11/h1-2,9,11,13H,3-8,10H2. The number of thiophene rings is 1. The summed E-state index contributed by atoms with van der Waals surface area (Å²) in [6.07, 6.45) is 3.29. The van der Waals surface area contributed by atoms with E-state index in [-0.39, 0.29) is 11.3 Å². The van der Waals surface area contributed by atoms with Gasteiger partial charge in [-0.15, -0.1) is 11.3 Å². The van der Waals surface area contributed by atoms with E-state index in [1.807, 2.05) is 17.5 Å². The van der Waals surface area contributed by atoms with E-state index in [1.54, 1.807) is 15.6 Å². The molecule has 0 bridgehead atoms. The van der Waals surface area contributed by atoms with Gasteiger partial charge in [0.15, 0.2) is 0 Å². The van der Waals surface area contributed by atoms with Crippen molar-refractivity contribution in [3.8, 4) is 0 Å². The molecule has 0 atom stereocenters. The zero-order chi connectivity index (χ0) is 13.3. The summed E-state index contributed by atoms with van der Waals surface area (Å²) in [5.41, 5.74) is 0. The van der Waals surface area contributed by atoms with Gasteiger partial charge in [0.2, 0.25) is 10.0 Å². The lowest BCUT2D eigenvalue weighted by molar-refractivity contribution is 0.0571. The van der Waals surface area contributed by atoms with Crippen molar-refractivity contribution >= 4 is 21.4 Å². The van der Waals surface area contributed by atoms with Gasteiger partial charge in [-0.1, -0.05) is 6.07 Å². The smallest absolute Gasteiger partial charge is 0.217 e. The van der Waals surface area contributed by atoms with Crippen molar-refractivity contribution in [2.45, 2.75) is 43.5 Å². The Morgan fingerprint density at radius 2 is 2.00 bits per heavy atom.